The summed E-state index contributed by atoms with van der Waals surface area (Å²) in [7, 11) is 0. The topological polar surface area (TPSA) is 23.5 Å². The zero-order valence-corrected chi connectivity index (χ0v) is 10.7. The fraction of sp³-hybridized carbons (Fsp3) is 0.571. The van der Waals surface area contributed by atoms with Crippen LogP contribution in [-0.4, -0.2) is 17.7 Å². The van der Waals surface area contributed by atoms with Gasteiger partial charge in [-0.3, -0.25) is 0 Å². The fourth-order valence-corrected chi connectivity index (χ4v) is 2.56. The van der Waals surface area contributed by atoms with Crippen molar-refractivity contribution >= 4 is 5.69 Å². The Balaban J connectivity index is 2.47. The molecule has 0 spiro atoms. The number of hydrogen-bond acceptors (Lipinski definition) is 2. The highest BCUT2D eigenvalue weighted by Crippen LogP contribution is 2.33. The van der Waals surface area contributed by atoms with Gasteiger partial charge in [-0.25, -0.2) is 4.39 Å². The van der Waals surface area contributed by atoms with E-state index < -0.39 is 6.10 Å². The van der Waals surface area contributed by atoms with Gasteiger partial charge >= 0.3 is 0 Å². The Labute approximate surface area is 102 Å². The standard InChI is InChI=1S/C14H20FNO/c1-9-7-14(16-6-4-5-10(16)2)12(11(3)17)8-13(9)15/h7-8,10-11,17H,4-6H2,1-3H3/t10?,11-/m1/s1. The van der Waals surface area contributed by atoms with Crippen molar-refractivity contribution in [2.24, 2.45) is 0 Å². The van der Waals surface area contributed by atoms with E-state index >= 15 is 0 Å². The van der Waals surface area contributed by atoms with Gasteiger partial charge in [-0.1, -0.05) is 0 Å². The summed E-state index contributed by atoms with van der Waals surface area (Å²) in [4.78, 5) is 2.27. The molecular weight excluding hydrogens is 217 g/mol. The first kappa shape index (κ1) is 12.4. The highest BCUT2D eigenvalue weighted by atomic mass is 19.1. The van der Waals surface area contributed by atoms with Crippen molar-refractivity contribution < 1.29 is 9.50 Å². The Morgan fingerprint density at radius 3 is 2.71 bits per heavy atom. The summed E-state index contributed by atoms with van der Waals surface area (Å²) in [6, 6.07) is 3.80. The molecule has 1 aromatic rings. The van der Waals surface area contributed by atoms with E-state index in [1.165, 1.54) is 6.07 Å². The van der Waals surface area contributed by atoms with Crippen molar-refractivity contribution in [2.75, 3.05) is 11.4 Å². The van der Waals surface area contributed by atoms with Gasteiger partial charge in [0.05, 0.1) is 6.10 Å². The molecule has 1 aromatic carbocycles. The molecule has 2 nitrogen and oxygen atoms in total. The lowest BCUT2D eigenvalue weighted by molar-refractivity contribution is 0.199. The molecule has 0 aliphatic carbocycles. The van der Waals surface area contributed by atoms with Gasteiger partial charge in [0.15, 0.2) is 0 Å². The lowest BCUT2D eigenvalue weighted by atomic mass is 10.0. The second-order valence-electron chi connectivity index (χ2n) is 5.02. The van der Waals surface area contributed by atoms with Gasteiger partial charge in [-0.15, -0.1) is 0 Å². The van der Waals surface area contributed by atoms with Crippen molar-refractivity contribution in [2.45, 2.75) is 45.8 Å². The molecule has 2 rings (SSSR count). The molecule has 1 unspecified atom stereocenters. The van der Waals surface area contributed by atoms with Gasteiger partial charge in [0.2, 0.25) is 0 Å². The van der Waals surface area contributed by atoms with E-state index in [1.807, 2.05) is 6.07 Å². The van der Waals surface area contributed by atoms with Crippen LogP contribution >= 0.6 is 0 Å². The molecule has 0 bridgehead atoms. The average Bonchev–Trinajstić information content (AvgIpc) is 2.67. The molecule has 0 aromatic heterocycles. The summed E-state index contributed by atoms with van der Waals surface area (Å²) in [5.74, 6) is -0.239. The normalized spacial score (nSPS) is 21.9. The number of anilines is 1. The van der Waals surface area contributed by atoms with Crippen molar-refractivity contribution in [1.82, 2.24) is 0 Å². The average molecular weight is 237 g/mol. The highest BCUT2D eigenvalue weighted by molar-refractivity contribution is 5.58. The van der Waals surface area contributed by atoms with Crippen molar-refractivity contribution in [3.8, 4) is 0 Å². The first-order valence-corrected chi connectivity index (χ1v) is 6.25. The maximum atomic E-state index is 13.6. The lowest BCUT2D eigenvalue weighted by Crippen LogP contribution is -2.27. The summed E-state index contributed by atoms with van der Waals surface area (Å²) < 4.78 is 13.6. The number of aryl methyl sites for hydroxylation is 1. The summed E-state index contributed by atoms with van der Waals surface area (Å²) >= 11 is 0. The quantitative estimate of drug-likeness (QED) is 0.854. The van der Waals surface area contributed by atoms with Gasteiger partial charge < -0.3 is 10.0 Å². The number of rotatable bonds is 2. The smallest absolute Gasteiger partial charge is 0.126 e. The molecule has 3 heteroatoms. The lowest BCUT2D eigenvalue weighted by Gasteiger charge is -2.28. The second-order valence-corrected chi connectivity index (χ2v) is 5.02. The molecular formula is C14H20FNO. The van der Waals surface area contributed by atoms with E-state index in [1.54, 1.807) is 13.8 Å². The van der Waals surface area contributed by atoms with E-state index in [4.69, 9.17) is 0 Å². The predicted molar refractivity (Wildman–Crippen MR) is 67.8 cm³/mol. The number of aliphatic hydroxyl groups excluding tert-OH is 1. The van der Waals surface area contributed by atoms with Crippen LogP contribution in [0, 0.1) is 12.7 Å². The Hall–Kier alpha value is -1.09. The monoisotopic (exact) mass is 237 g/mol. The minimum Gasteiger partial charge on any atom is -0.389 e. The van der Waals surface area contributed by atoms with Crippen LogP contribution < -0.4 is 4.90 Å². The highest BCUT2D eigenvalue weighted by Gasteiger charge is 2.24. The number of nitrogens with zero attached hydrogens (tertiary/aromatic N) is 1. The molecule has 1 N–H and O–H groups in total. The van der Waals surface area contributed by atoms with Gasteiger partial charge in [0.1, 0.15) is 5.82 Å². The molecule has 1 saturated heterocycles. The van der Waals surface area contributed by atoms with E-state index in [-0.39, 0.29) is 5.82 Å². The number of hydrogen-bond donors (Lipinski definition) is 1. The molecule has 0 radical (unpaired) electrons. The summed E-state index contributed by atoms with van der Waals surface area (Å²) in [5, 5.41) is 9.77. The van der Waals surface area contributed by atoms with Gasteiger partial charge in [0.25, 0.3) is 0 Å². The van der Waals surface area contributed by atoms with E-state index in [2.05, 4.69) is 11.8 Å². The fourth-order valence-electron chi connectivity index (χ4n) is 2.56. The summed E-state index contributed by atoms with van der Waals surface area (Å²) in [5.41, 5.74) is 2.33. The van der Waals surface area contributed by atoms with Gasteiger partial charge in [-0.2, -0.15) is 0 Å². The molecule has 1 aliphatic heterocycles. The molecule has 0 saturated carbocycles. The van der Waals surface area contributed by atoms with Crippen LogP contribution in [0.1, 0.15) is 43.9 Å². The van der Waals surface area contributed by atoms with Crippen LogP contribution in [0.4, 0.5) is 10.1 Å². The van der Waals surface area contributed by atoms with Crippen LogP contribution in [-0.2, 0) is 0 Å². The maximum absolute atomic E-state index is 13.6. The van der Waals surface area contributed by atoms with Crippen LogP contribution in [0.5, 0.6) is 0 Å². The van der Waals surface area contributed by atoms with Crippen LogP contribution in [0.3, 0.4) is 0 Å². The molecule has 2 atom stereocenters. The van der Waals surface area contributed by atoms with E-state index in [0.717, 1.165) is 25.1 Å². The third kappa shape index (κ3) is 2.29. The number of benzene rings is 1. The van der Waals surface area contributed by atoms with Crippen LogP contribution in [0.25, 0.3) is 0 Å². The summed E-state index contributed by atoms with van der Waals surface area (Å²) in [6.07, 6.45) is 1.69. The third-order valence-electron chi connectivity index (χ3n) is 3.62. The first-order valence-electron chi connectivity index (χ1n) is 6.25. The number of halogens is 1. The zero-order chi connectivity index (χ0) is 12.6. The Morgan fingerprint density at radius 2 is 2.18 bits per heavy atom. The van der Waals surface area contributed by atoms with E-state index in [0.29, 0.717) is 17.2 Å². The Bertz CT molecular complexity index is 417. The SMILES string of the molecule is Cc1cc(N2CCCC2C)c([C@@H](C)O)cc1F. The maximum Gasteiger partial charge on any atom is 0.126 e. The van der Waals surface area contributed by atoms with Crippen molar-refractivity contribution in [1.29, 1.82) is 0 Å². The molecule has 1 fully saturated rings. The van der Waals surface area contributed by atoms with Crippen molar-refractivity contribution in [3.05, 3.63) is 29.1 Å². The molecule has 0 amide bonds. The molecule has 1 heterocycles. The first-order chi connectivity index (χ1) is 8.00. The van der Waals surface area contributed by atoms with Crippen molar-refractivity contribution in [3.63, 3.8) is 0 Å². The van der Waals surface area contributed by atoms with Crippen LogP contribution in [0.15, 0.2) is 12.1 Å². The minimum absolute atomic E-state index is 0.239. The Kier molecular flexibility index (Phi) is 3.38. The van der Waals surface area contributed by atoms with Gasteiger partial charge in [0, 0.05) is 23.8 Å². The van der Waals surface area contributed by atoms with E-state index in [9.17, 15) is 9.50 Å². The predicted octanol–water partition coefficient (Wildman–Crippen LogP) is 3.18. The number of aliphatic hydroxyl groups is 1. The largest absolute Gasteiger partial charge is 0.389 e. The Morgan fingerprint density at radius 1 is 1.47 bits per heavy atom. The summed E-state index contributed by atoms with van der Waals surface area (Å²) in [6.45, 7) is 6.63. The molecule has 17 heavy (non-hydrogen) atoms. The zero-order valence-electron chi connectivity index (χ0n) is 10.7. The van der Waals surface area contributed by atoms with Gasteiger partial charge in [-0.05, 0) is 51.3 Å². The third-order valence-corrected chi connectivity index (χ3v) is 3.62. The molecule has 94 valence electrons. The molecule has 1 aliphatic rings. The second kappa shape index (κ2) is 4.65. The minimum atomic E-state index is -0.632. The van der Waals surface area contributed by atoms with Crippen LogP contribution in [0.2, 0.25) is 0 Å².